The van der Waals surface area contributed by atoms with Crippen molar-refractivity contribution in [1.82, 2.24) is 0 Å². The Balaban J connectivity index is 2.54. The summed E-state index contributed by atoms with van der Waals surface area (Å²) in [5.41, 5.74) is 3.27. The lowest BCUT2D eigenvalue weighted by atomic mass is 10.1. The molecule has 0 heterocycles. The van der Waals surface area contributed by atoms with E-state index >= 15 is 0 Å². The van der Waals surface area contributed by atoms with E-state index in [1.165, 1.54) is 13.2 Å². The first-order chi connectivity index (χ1) is 12.1. The average molecular weight is 377 g/mol. The Bertz CT molecular complexity index is 964. The summed E-state index contributed by atoms with van der Waals surface area (Å²) in [6, 6.07) is 6.43. The number of nitrogens with one attached hydrogen (secondary N) is 1. The van der Waals surface area contributed by atoms with Crippen LogP contribution in [0.3, 0.4) is 0 Å². The number of methoxy groups -OCH3 is 2. The van der Waals surface area contributed by atoms with Gasteiger partial charge in [0.2, 0.25) is 0 Å². The van der Waals surface area contributed by atoms with Crippen LogP contribution in [0.25, 0.3) is 0 Å². The Morgan fingerprint density at radius 1 is 0.962 bits per heavy atom. The van der Waals surface area contributed by atoms with Crippen LogP contribution in [0.2, 0.25) is 0 Å². The van der Waals surface area contributed by atoms with Crippen LogP contribution in [0, 0.1) is 27.7 Å². The normalized spacial score (nSPS) is 11.2. The standard InChI is InChI=1S/C19H23NO5S/c1-11-7-8-15(19(21)25-6)10-16(11)20-26(22,23)18-12(2)9-17(24-5)13(3)14(18)4/h7-10,20H,1-6H3. The van der Waals surface area contributed by atoms with Gasteiger partial charge in [0.15, 0.2) is 0 Å². The van der Waals surface area contributed by atoms with Gasteiger partial charge in [-0.3, -0.25) is 4.72 Å². The Labute approximate surface area is 154 Å². The third kappa shape index (κ3) is 3.67. The van der Waals surface area contributed by atoms with E-state index in [1.54, 1.807) is 46.1 Å². The topological polar surface area (TPSA) is 81.7 Å². The maximum atomic E-state index is 13.0. The lowest BCUT2D eigenvalue weighted by molar-refractivity contribution is 0.0600. The van der Waals surface area contributed by atoms with Crippen LogP contribution in [-0.4, -0.2) is 28.6 Å². The number of esters is 1. The molecule has 0 aliphatic carbocycles. The summed E-state index contributed by atoms with van der Waals surface area (Å²) in [5.74, 6) is 0.112. The number of sulfonamides is 1. The van der Waals surface area contributed by atoms with Gasteiger partial charge in [-0.15, -0.1) is 0 Å². The minimum absolute atomic E-state index is 0.207. The molecule has 0 fully saturated rings. The van der Waals surface area contributed by atoms with Crippen molar-refractivity contribution in [2.75, 3.05) is 18.9 Å². The molecule has 6 nitrogen and oxygen atoms in total. The number of rotatable bonds is 5. The van der Waals surface area contributed by atoms with Crippen LogP contribution >= 0.6 is 0 Å². The second kappa shape index (κ2) is 7.37. The van der Waals surface area contributed by atoms with Gasteiger partial charge in [-0.1, -0.05) is 6.07 Å². The van der Waals surface area contributed by atoms with Gasteiger partial charge in [-0.2, -0.15) is 0 Å². The van der Waals surface area contributed by atoms with Crippen LogP contribution in [0.15, 0.2) is 29.2 Å². The number of carbonyl (C=O) groups excluding carboxylic acids is 1. The van der Waals surface area contributed by atoms with E-state index in [1.807, 2.05) is 6.92 Å². The number of hydrogen-bond acceptors (Lipinski definition) is 5. The summed E-state index contributed by atoms with van der Waals surface area (Å²) >= 11 is 0. The van der Waals surface area contributed by atoms with Gasteiger partial charge >= 0.3 is 5.97 Å². The van der Waals surface area contributed by atoms with E-state index in [2.05, 4.69) is 4.72 Å². The van der Waals surface area contributed by atoms with Crippen LogP contribution in [0.5, 0.6) is 5.75 Å². The predicted molar refractivity (Wildman–Crippen MR) is 101 cm³/mol. The summed E-state index contributed by atoms with van der Waals surface area (Å²) in [5, 5.41) is 0. The first kappa shape index (κ1) is 19.8. The van der Waals surface area contributed by atoms with Crippen LogP contribution in [0.1, 0.15) is 32.6 Å². The number of benzene rings is 2. The minimum Gasteiger partial charge on any atom is -0.496 e. The van der Waals surface area contributed by atoms with E-state index in [4.69, 9.17) is 9.47 Å². The molecule has 2 rings (SSSR count). The van der Waals surface area contributed by atoms with Crippen molar-refractivity contribution in [2.45, 2.75) is 32.6 Å². The van der Waals surface area contributed by atoms with Gasteiger partial charge in [0.25, 0.3) is 10.0 Å². The number of ether oxygens (including phenoxy) is 2. The Morgan fingerprint density at radius 3 is 2.19 bits per heavy atom. The second-order valence-electron chi connectivity index (χ2n) is 6.10. The maximum Gasteiger partial charge on any atom is 0.337 e. The largest absolute Gasteiger partial charge is 0.496 e. The number of carbonyl (C=O) groups is 1. The monoisotopic (exact) mass is 377 g/mol. The zero-order valence-electron chi connectivity index (χ0n) is 15.8. The molecule has 26 heavy (non-hydrogen) atoms. The molecule has 1 N–H and O–H groups in total. The highest BCUT2D eigenvalue weighted by Gasteiger charge is 2.24. The molecule has 0 aromatic heterocycles. The van der Waals surface area contributed by atoms with Crippen molar-refractivity contribution >= 4 is 21.7 Å². The van der Waals surface area contributed by atoms with Gasteiger partial charge in [-0.25, -0.2) is 13.2 Å². The molecule has 0 atom stereocenters. The molecule has 0 saturated heterocycles. The fraction of sp³-hybridized carbons (Fsp3) is 0.316. The molecule has 0 spiro atoms. The van der Waals surface area contributed by atoms with Crippen LogP contribution in [-0.2, 0) is 14.8 Å². The summed E-state index contributed by atoms with van der Waals surface area (Å²) in [6.45, 7) is 7.05. The van der Waals surface area contributed by atoms with Crippen molar-refractivity contribution in [3.8, 4) is 5.75 Å². The van der Waals surface area contributed by atoms with Crippen molar-refractivity contribution in [2.24, 2.45) is 0 Å². The molecule has 2 aromatic rings. The molecule has 140 valence electrons. The van der Waals surface area contributed by atoms with Gasteiger partial charge in [-0.05, 0) is 68.1 Å². The zero-order valence-corrected chi connectivity index (χ0v) is 16.6. The SMILES string of the molecule is COC(=O)c1ccc(C)c(NS(=O)(=O)c2c(C)cc(OC)c(C)c2C)c1. The lowest BCUT2D eigenvalue weighted by Crippen LogP contribution is -2.17. The highest BCUT2D eigenvalue weighted by atomic mass is 32.2. The fourth-order valence-electron chi connectivity index (χ4n) is 2.82. The summed E-state index contributed by atoms with van der Waals surface area (Å²) < 4.78 is 38.6. The Morgan fingerprint density at radius 2 is 1.62 bits per heavy atom. The molecular formula is C19H23NO5S. The summed E-state index contributed by atoms with van der Waals surface area (Å²) in [6.07, 6.45) is 0. The third-order valence-electron chi connectivity index (χ3n) is 4.37. The van der Waals surface area contributed by atoms with Crippen molar-refractivity contribution in [3.63, 3.8) is 0 Å². The molecule has 0 unspecified atom stereocenters. The van der Waals surface area contributed by atoms with E-state index in [0.29, 0.717) is 28.1 Å². The first-order valence-electron chi connectivity index (χ1n) is 7.99. The van der Waals surface area contributed by atoms with E-state index in [0.717, 1.165) is 5.56 Å². The van der Waals surface area contributed by atoms with Gasteiger partial charge in [0.05, 0.1) is 30.4 Å². The highest BCUT2D eigenvalue weighted by molar-refractivity contribution is 7.92. The van der Waals surface area contributed by atoms with Gasteiger partial charge in [0.1, 0.15) is 5.75 Å². The zero-order chi connectivity index (χ0) is 19.6. The Hall–Kier alpha value is -2.54. The van der Waals surface area contributed by atoms with Crippen molar-refractivity contribution in [1.29, 1.82) is 0 Å². The van der Waals surface area contributed by atoms with E-state index in [-0.39, 0.29) is 10.5 Å². The molecule has 7 heteroatoms. The van der Waals surface area contributed by atoms with Gasteiger partial charge < -0.3 is 9.47 Å². The van der Waals surface area contributed by atoms with Gasteiger partial charge in [0, 0.05) is 0 Å². The number of aryl methyl sites for hydroxylation is 2. The van der Waals surface area contributed by atoms with E-state index in [9.17, 15) is 13.2 Å². The number of anilines is 1. The molecule has 2 aromatic carbocycles. The minimum atomic E-state index is -3.85. The maximum absolute atomic E-state index is 13.0. The molecule has 0 bridgehead atoms. The molecule has 0 radical (unpaired) electrons. The molecule has 0 saturated carbocycles. The second-order valence-corrected chi connectivity index (χ2v) is 7.72. The highest BCUT2D eigenvalue weighted by Crippen LogP contribution is 2.32. The quantitative estimate of drug-likeness (QED) is 0.806. The average Bonchev–Trinajstić information content (AvgIpc) is 2.58. The van der Waals surface area contributed by atoms with Crippen molar-refractivity contribution in [3.05, 3.63) is 52.1 Å². The molecular weight excluding hydrogens is 354 g/mol. The van der Waals surface area contributed by atoms with Crippen molar-refractivity contribution < 1.29 is 22.7 Å². The lowest BCUT2D eigenvalue weighted by Gasteiger charge is -2.18. The van der Waals surface area contributed by atoms with E-state index < -0.39 is 16.0 Å². The summed E-state index contributed by atoms with van der Waals surface area (Å²) in [4.78, 5) is 11.9. The fourth-order valence-corrected chi connectivity index (χ4v) is 4.47. The molecule has 0 aliphatic rings. The first-order valence-corrected chi connectivity index (χ1v) is 9.47. The molecule has 0 amide bonds. The number of hydrogen-bond donors (Lipinski definition) is 1. The van der Waals surface area contributed by atoms with Crippen LogP contribution < -0.4 is 9.46 Å². The summed E-state index contributed by atoms with van der Waals surface area (Å²) in [7, 11) is -1.02. The third-order valence-corrected chi connectivity index (χ3v) is 6.02. The Kier molecular flexibility index (Phi) is 5.61. The smallest absolute Gasteiger partial charge is 0.337 e. The van der Waals surface area contributed by atoms with Crippen LogP contribution in [0.4, 0.5) is 5.69 Å². The molecule has 0 aliphatic heterocycles. The predicted octanol–water partition coefficient (Wildman–Crippen LogP) is 3.52.